The molecule has 4 rings (SSSR count). The van der Waals surface area contributed by atoms with E-state index in [2.05, 4.69) is 20.4 Å². The van der Waals surface area contributed by atoms with Gasteiger partial charge in [0.25, 0.3) is 5.91 Å². The van der Waals surface area contributed by atoms with Crippen LogP contribution in [0.15, 0.2) is 60.9 Å². The van der Waals surface area contributed by atoms with E-state index in [-0.39, 0.29) is 5.91 Å². The topological polar surface area (TPSA) is 110 Å². The highest BCUT2D eigenvalue weighted by Gasteiger charge is 2.17. The van der Waals surface area contributed by atoms with Crippen LogP contribution < -0.4 is 24.3 Å². The Morgan fingerprint density at radius 1 is 0.941 bits per heavy atom. The first-order valence-corrected chi connectivity index (χ1v) is 10.3. The predicted octanol–water partition coefficient (Wildman–Crippen LogP) is 4.04. The van der Waals surface area contributed by atoms with E-state index in [0.717, 1.165) is 0 Å². The van der Waals surface area contributed by atoms with E-state index in [4.69, 9.17) is 18.9 Å². The van der Waals surface area contributed by atoms with Crippen LogP contribution in [-0.2, 0) is 0 Å². The first-order chi connectivity index (χ1) is 16.5. The number of carbonyl (C=O) groups is 1. The van der Waals surface area contributed by atoms with Crippen LogP contribution in [0.4, 0.5) is 5.69 Å². The molecule has 10 nitrogen and oxygen atoms in total. The van der Waals surface area contributed by atoms with Crippen molar-refractivity contribution >= 4 is 11.6 Å². The molecule has 2 aromatic heterocycles. The monoisotopic (exact) mass is 461 g/mol. The number of amides is 1. The molecule has 0 spiro atoms. The molecule has 1 amide bonds. The van der Waals surface area contributed by atoms with Gasteiger partial charge >= 0.3 is 0 Å². The van der Waals surface area contributed by atoms with Crippen LogP contribution in [-0.4, -0.2) is 47.0 Å². The summed E-state index contributed by atoms with van der Waals surface area (Å²) in [5, 5.41) is 7.02. The Kier molecular flexibility index (Phi) is 6.58. The fourth-order valence-corrected chi connectivity index (χ4v) is 3.24. The van der Waals surface area contributed by atoms with E-state index in [0.29, 0.717) is 51.8 Å². The second kappa shape index (κ2) is 9.90. The summed E-state index contributed by atoms with van der Waals surface area (Å²) in [6.45, 7) is 1.78. The Bertz CT molecular complexity index is 1260. The van der Waals surface area contributed by atoms with Gasteiger partial charge in [-0.05, 0) is 49.4 Å². The van der Waals surface area contributed by atoms with Crippen LogP contribution in [0.3, 0.4) is 0 Å². The maximum Gasteiger partial charge on any atom is 0.255 e. The minimum Gasteiger partial charge on any atom is -0.493 e. The second-order valence-corrected chi connectivity index (χ2v) is 7.06. The number of hydrogen-bond acceptors (Lipinski definition) is 8. The molecule has 0 unspecified atom stereocenters. The average molecular weight is 461 g/mol. The number of ether oxygens (including phenoxy) is 4. The molecule has 0 atom stereocenters. The van der Waals surface area contributed by atoms with E-state index in [1.807, 2.05) is 6.07 Å². The molecule has 0 saturated heterocycles. The molecule has 34 heavy (non-hydrogen) atoms. The molecule has 1 N–H and O–H groups in total. The van der Waals surface area contributed by atoms with Gasteiger partial charge in [-0.25, -0.2) is 9.67 Å². The normalized spacial score (nSPS) is 10.5. The molecule has 174 valence electrons. The standard InChI is InChI=1S/C24H23N5O5/c1-15-26-21(29-11-5-10-25-29)14-22(27-15)34-18-8-6-17(7-9-18)28-24(30)16-12-19(31-2)23(33-4)20(13-16)32-3/h5-14H,1-4H3,(H,28,30). The highest BCUT2D eigenvalue weighted by molar-refractivity contribution is 6.05. The van der Waals surface area contributed by atoms with Crippen molar-refractivity contribution in [1.29, 1.82) is 0 Å². The Morgan fingerprint density at radius 3 is 2.24 bits per heavy atom. The Labute approximate surface area is 196 Å². The van der Waals surface area contributed by atoms with Crippen LogP contribution in [0.25, 0.3) is 5.82 Å². The van der Waals surface area contributed by atoms with E-state index in [1.54, 1.807) is 66.5 Å². The number of rotatable bonds is 8. The molecule has 4 aromatic rings. The Hall–Kier alpha value is -4.60. The van der Waals surface area contributed by atoms with Gasteiger partial charge in [-0.3, -0.25) is 4.79 Å². The molecule has 0 aliphatic heterocycles. The summed E-state index contributed by atoms with van der Waals surface area (Å²) in [4.78, 5) is 21.5. The van der Waals surface area contributed by atoms with E-state index in [1.165, 1.54) is 21.3 Å². The number of hydrogen-bond donors (Lipinski definition) is 1. The van der Waals surface area contributed by atoms with Crippen molar-refractivity contribution in [2.24, 2.45) is 0 Å². The minimum absolute atomic E-state index is 0.330. The molecule has 0 radical (unpaired) electrons. The van der Waals surface area contributed by atoms with Crippen molar-refractivity contribution < 1.29 is 23.7 Å². The lowest BCUT2D eigenvalue weighted by molar-refractivity contribution is 0.102. The van der Waals surface area contributed by atoms with E-state index in [9.17, 15) is 4.79 Å². The molecule has 0 aliphatic carbocycles. The minimum atomic E-state index is -0.330. The van der Waals surface area contributed by atoms with Crippen LogP contribution in [0.5, 0.6) is 28.9 Å². The van der Waals surface area contributed by atoms with Gasteiger partial charge in [-0.1, -0.05) is 0 Å². The zero-order chi connectivity index (χ0) is 24.1. The van der Waals surface area contributed by atoms with Crippen molar-refractivity contribution in [2.45, 2.75) is 6.92 Å². The third-order valence-corrected chi connectivity index (χ3v) is 4.80. The third kappa shape index (κ3) is 4.90. The van der Waals surface area contributed by atoms with Crippen LogP contribution in [0.2, 0.25) is 0 Å². The summed E-state index contributed by atoms with van der Waals surface area (Å²) in [5.74, 6) is 2.96. The highest BCUT2D eigenvalue weighted by Crippen LogP contribution is 2.38. The number of nitrogens with zero attached hydrogens (tertiary/aromatic N) is 4. The number of carbonyl (C=O) groups excluding carboxylic acids is 1. The number of aryl methyl sites for hydroxylation is 1. The number of methoxy groups -OCH3 is 3. The highest BCUT2D eigenvalue weighted by atomic mass is 16.5. The largest absolute Gasteiger partial charge is 0.493 e. The molecule has 0 aliphatic rings. The summed E-state index contributed by atoms with van der Waals surface area (Å²) < 4.78 is 23.4. The maximum atomic E-state index is 12.8. The Morgan fingerprint density at radius 2 is 1.65 bits per heavy atom. The van der Waals surface area contributed by atoms with Gasteiger partial charge in [0.15, 0.2) is 17.3 Å². The molecule has 0 bridgehead atoms. The molecule has 0 saturated carbocycles. The fourth-order valence-electron chi connectivity index (χ4n) is 3.24. The first kappa shape index (κ1) is 22.6. The van der Waals surface area contributed by atoms with Gasteiger partial charge in [0.1, 0.15) is 11.6 Å². The zero-order valence-corrected chi connectivity index (χ0v) is 19.1. The third-order valence-electron chi connectivity index (χ3n) is 4.80. The number of aromatic nitrogens is 4. The molecule has 2 heterocycles. The van der Waals surface area contributed by atoms with Gasteiger partial charge in [-0.2, -0.15) is 10.1 Å². The number of anilines is 1. The van der Waals surface area contributed by atoms with Crippen molar-refractivity contribution in [2.75, 3.05) is 26.6 Å². The molecule has 0 fully saturated rings. The quantitative estimate of drug-likeness (QED) is 0.419. The van der Waals surface area contributed by atoms with Gasteiger partial charge < -0.3 is 24.3 Å². The number of nitrogens with one attached hydrogen (secondary N) is 1. The first-order valence-electron chi connectivity index (χ1n) is 10.3. The fraction of sp³-hybridized carbons (Fsp3) is 0.167. The van der Waals surface area contributed by atoms with Gasteiger partial charge in [-0.15, -0.1) is 0 Å². The van der Waals surface area contributed by atoms with Gasteiger partial charge in [0, 0.05) is 29.7 Å². The van der Waals surface area contributed by atoms with Gasteiger partial charge in [0.2, 0.25) is 11.6 Å². The second-order valence-electron chi connectivity index (χ2n) is 7.06. The summed E-state index contributed by atoms with van der Waals surface area (Å²) in [6.07, 6.45) is 3.46. The van der Waals surface area contributed by atoms with Gasteiger partial charge in [0.05, 0.1) is 21.3 Å². The van der Waals surface area contributed by atoms with E-state index >= 15 is 0 Å². The van der Waals surface area contributed by atoms with Crippen LogP contribution >= 0.6 is 0 Å². The molecule has 10 heteroatoms. The summed E-state index contributed by atoms with van der Waals surface area (Å²) in [6, 6.07) is 13.6. The van der Waals surface area contributed by atoms with E-state index < -0.39 is 0 Å². The molecular weight excluding hydrogens is 438 g/mol. The summed E-state index contributed by atoms with van der Waals surface area (Å²) in [7, 11) is 4.49. The predicted molar refractivity (Wildman–Crippen MR) is 124 cm³/mol. The zero-order valence-electron chi connectivity index (χ0n) is 19.1. The summed E-state index contributed by atoms with van der Waals surface area (Å²) >= 11 is 0. The molecular formula is C24H23N5O5. The lowest BCUT2D eigenvalue weighted by Crippen LogP contribution is -2.12. The smallest absolute Gasteiger partial charge is 0.255 e. The van der Waals surface area contributed by atoms with Crippen LogP contribution in [0.1, 0.15) is 16.2 Å². The molecule has 2 aromatic carbocycles. The maximum absolute atomic E-state index is 12.8. The van der Waals surface area contributed by atoms with Crippen molar-refractivity contribution in [1.82, 2.24) is 19.7 Å². The lowest BCUT2D eigenvalue weighted by atomic mass is 10.1. The van der Waals surface area contributed by atoms with Crippen molar-refractivity contribution in [3.8, 4) is 34.7 Å². The van der Waals surface area contributed by atoms with Crippen LogP contribution in [0, 0.1) is 6.92 Å². The Balaban J connectivity index is 1.48. The van der Waals surface area contributed by atoms with Crippen molar-refractivity contribution in [3.05, 3.63) is 72.3 Å². The SMILES string of the molecule is COc1cc(C(=O)Nc2ccc(Oc3cc(-n4cccn4)nc(C)n3)cc2)cc(OC)c1OC. The summed E-state index contributed by atoms with van der Waals surface area (Å²) in [5.41, 5.74) is 0.944. The lowest BCUT2D eigenvalue weighted by Gasteiger charge is -2.14. The van der Waals surface area contributed by atoms with Crippen molar-refractivity contribution in [3.63, 3.8) is 0 Å². The average Bonchev–Trinajstić information content (AvgIpc) is 3.39. The number of benzene rings is 2.